The van der Waals surface area contributed by atoms with E-state index in [0.29, 0.717) is 5.69 Å². The van der Waals surface area contributed by atoms with Gasteiger partial charge in [0, 0.05) is 12.4 Å². The molecule has 0 spiro atoms. The van der Waals surface area contributed by atoms with Crippen LogP contribution in [0.4, 0.5) is 4.39 Å². The summed E-state index contributed by atoms with van der Waals surface area (Å²) in [5, 5.41) is 2.61. The standard InChI is InChI=1S/C18H16FN3O3S/c1-13-2-6-17(7-3-13)26(24,25)22-9-8-14(12-22)18(23)21-11-16-5-4-15(19)10-20-16/h2-10,12H,11H2,1H3,(H,21,23). The Morgan fingerprint density at radius 3 is 2.54 bits per heavy atom. The molecule has 1 aromatic carbocycles. The summed E-state index contributed by atoms with van der Waals surface area (Å²) in [5.74, 6) is -0.910. The molecule has 2 aromatic heterocycles. The van der Waals surface area contributed by atoms with Crippen LogP contribution in [0.25, 0.3) is 0 Å². The van der Waals surface area contributed by atoms with E-state index in [2.05, 4.69) is 10.3 Å². The van der Waals surface area contributed by atoms with Gasteiger partial charge < -0.3 is 5.32 Å². The highest BCUT2D eigenvalue weighted by Gasteiger charge is 2.18. The summed E-state index contributed by atoms with van der Waals surface area (Å²) in [6.07, 6.45) is 3.63. The van der Waals surface area contributed by atoms with Gasteiger partial charge in [-0.3, -0.25) is 9.78 Å². The Morgan fingerprint density at radius 2 is 1.88 bits per heavy atom. The minimum absolute atomic E-state index is 0.106. The second-order valence-electron chi connectivity index (χ2n) is 5.70. The summed E-state index contributed by atoms with van der Waals surface area (Å²) in [6, 6.07) is 10.6. The number of halogens is 1. The van der Waals surface area contributed by atoms with Crippen molar-refractivity contribution in [3.8, 4) is 0 Å². The lowest BCUT2D eigenvalue weighted by molar-refractivity contribution is 0.0950. The monoisotopic (exact) mass is 373 g/mol. The molecule has 0 saturated heterocycles. The molecule has 0 aliphatic rings. The molecule has 0 saturated carbocycles. The minimum Gasteiger partial charge on any atom is -0.346 e. The minimum atomic E-state index is -3.76. The first-order valence-electron chi connectivity index (χ1n) is 7.75. The second kappa shape index (κ2) is 7.09. The molecule has 1 N–H and O–H groups in total. The number of carbonyl (C=O) groups excluding carboxylic acids is 1. The quantitative estimate of drug-likeness (QED) is 0.745. The van der Waals surface area contributed by atoms with Crippen LogP contribution >= 0.6 is 0 Å². The molecular weight excluding hydrogens is 357 g/mol. The average Bonchev–Trinajstić information content (AvgIpc) is 3.12. The third-order valence-electron chi connectivity index (χ3n) is 3.74. The Bertz CT molecular complexity index is 1030. The lowest BCUT2D eigenvalue weighted by Gasteiger charge is -2.06. The maximum absolute atomic E-state index is 12.8. The zero-order valence-corrected chi connectivity index (χ0v) is 14.7. The normalized spacial score (nSPS) is 11.3. The van der Waals surface area contributed by atoms with Crippen LogP contribution in [0.5, 0.6) is 0 Å². The molecule has 0 aliphatic carbocycles. The maximum Gasteiger partial charge on any atom is 0.267 e. The third kappa shape index (κ3) is 3.80. The zero-order chi connectivity index (χ0) is 18.7. The highest BCUT2D eigenvalue weighted by molar-refractivity contribution is 7.90. The number of hydrogen-bond acceptors (Lipinski definition) is 4. The fourth-order valence-corrected chi connectivity index (χ4v) is 3.47. The van der Waals surface area contributed by atoms with Gasteiger partial charge in [0.1, 0.15) is 5.82 Å². The van der Waals surface area contributed by atoms with Crippen molar-refractivity contribution in [3.05, 3.63) is 83.7 Å². The lowest BCUT2D eigenvalue weighted by Crippen LogP contribution is -2.23. The third-order valence-corrected chi connectivity index (χ3v) is 5.39. The molecule has 1 amide bonds. The van der Waals surface area contributed by atoms with E-state index < -0.39 is 21.7 Å². The average molecular weight is 373 g/mol. The van der Waals surface area contributed by atoms with Gasteiger partial charge in [-0.2, -0.15) is 0 Å². The van der Waals surface area contributed by atoms with E-state index in [1.807, 2.05) is 6.92 Å². The van der Waals surface area contributed by atoms with E-state index in [-0.39, 0.29) is 17.0 Å². The van der Waals surface area contributed by atoms with Gasteiger partial charge >= 0.3 is 0 Å². The molecule has 0 radical (unpaired) electrons. The molecule has 3 rings (SSSR count). The molecule has 0 aliphatic heterocycles. The molecule has 134 valence electrons. The first-order valence-corrected chi connectivity index (χ1v) is 9.19. The molecule has 2 heterocycles. The molecule has 0 atom stereocenters. The largest absolute Gasteiger partial charge is 0.346 e. The highest BCUT2D eigenvalue weighted by atomic mass is 32.2. The Labute approximate surface area is 150 Å². The van der Waals surface area contributed by atoms with Gasteiger partial charge in [-0.05, 0) is 37.3 Å². The number of nitrogens with zero attached hydrogens (tertiary/aromatic N) is 2. The molecule has 0 bridgehead atoms. The van der Waals surface area contributed by atoms with Gasteiger partial charge in [0.2, 0.25) is 0 Å². The Morgan fingerprint density at radius 1 is 1.15 bits per heavy atom. The van der Waals surface area contributed by atoms with Crippen LogP contribution in [0.3, 0.4) is 0 Å². The van der Waals surface area contributed by atoms with Gasteiger partial charge in [0.05, 0.1) is 28.9 Å². The van der Waals surface area contributed by atoms with Crippen LogP contribution in [0.2, 0.25) is 0 Å². The van der Waals surface area contributed by atoms with Gasteiger partial charge in [-0.25, -0.2) is 16.8 Å². The number of pyridine rings is 1. The van der Waals surface area contributed by atoms with Crippen LogP contribution in [-0.4, -0.2) is 23.3 Å². The van der Waals surface area contributed by atoms with Crippen molar-refractivity contribution >= 4 is 15.9 Å². The van der Waals surface area contributed by atoms with Crippen LogP contribution < -0.4 is 5.32 Å². The topological polar surface area (TPSA) is 81.1 Å². The molecule has 0 unspecified atom stereocenters. The number of amides is 1. The van der Waals surface area contributed by atoms with Crippen LogP contribution in [0, 0.1) is 12.7 Å². The van der Waals surface area contributed by atoms with Gasteiger partial charge in [0.25, 0.3) is 15.9 Å². The number of hydrogen-bond donors (Lipinski definition) is 1. The number of aryl methyl sites for hydroxylation is 1. The highest BCUT2D eigenvalue weighted by Crippen LogP contribution is 2.16. The smallest absolute Gasteiger partial charge is 0.267 e. The Hall–Kier alpha value is -3.00. The summed E-state index contributed by atoms with van der Waals surface area (Å²) in [6.45, 7) is 1.97. The SMILES string of the molecule is Cc1ccc(S(=O)(=O)n2ccc(C(=O)NCc3ccc(F)cn3)c2)cc1. The van der Waals surface area contributed by atoms with Crippen LogP contribution in [0.15, 0.2) is 66.0 Å². The number of nitrogens with one attached hydrogen (secondary N) is 1. The van der Waals surface area contributed by atoms with E-state index in [1.54, 1.807) is 12.1 Å². The predicted octanol–water partition coefficient (Wildman–Crippen LogP) is 2.50. The Balaban J connectivity index is 1.73. The van der Waals surface area contributed by atoms with Crippen molar-refractivity contribution in [2.75, 3.05) is 0 Å². The Kier molecular flexibility index (Phi) is 4.85. The summed E-state index contributed by atoms with van der Waals surface area (Å²) in [7, 11) is -3.76. The molecule has 3 aromatic rings. The summed E-state index contributed by atoms with van der Waals surface area (Å²) < 4.78 is 39.0. The van der Waals surface area contributed by atoms with Crippen molar-refractivity contribution < 1.29 is 17.6 Å². The molecule has 0 fully saturated rings. The van der Waals surface area contributed by atoms with Crippen molar-refractivity contribution in [2.45, 2.75) is 18.4 Å². The molecular formula is C18H16FN3O3S. The number of benzene rings is 1. The summed E-state index contributed by atoms with van der Waals surface area (Å²) in [5.41, 5.74) is 1.64. The summed E-state index contributed by atoms with van der Waals surface area (Å²) >= 11 is 0. The first-order chi connectivity index (χ1) is 12.4. The maximum atomic E-state index is 12.8. The van der Waals surface area contributed by atoms with Crippen molar-refractivity contribution in [1.29, 1.82) is 0 Å². The van der Waals surface area contributed by atoms with Gasteiger partial charge in [-0.1, -0.05) is 17.7 Å². The predicted molar refractivity (Wildman–Crippen MR) is 93.6 cm³/mol. The lowest BCUT2D eigenvalue weighted by atomic mass is 10.2. The molecule has 8 heteroatoms. The van der Waals surface area contributed by atoms with Gasteiger partial charge in [-0.15, -0.1) is 0 Å². The van der Waals surface area contributed by atoms with E-state index in [1.165, 1.54) is 42.7 Å². The molecule has 26 heavy (non-hydrogen) atoms. The fourth-order valence-electron chi connectivity index (χ4n) is 2.28. The number of rotatable bonds is 5. The van der Waals surface area contributed by atoms with Crippen molar-refractivity contribution in [2.24, 2.45) is 0 Å². The first kappa shape index (κ1) is 17.8. The van der Waals surface area contributed by atoms with E-state index >= 15 is 0 Å². The summed E-state index contributed by atoms with van der Waals surface area (Å²) in [4.78, 5) is 16.2. The van der Waals surface area contributed by atoms with E-state index in [4.69, 9.17) is 0 Å². The van der Waals surface area contributed by atoms with E-state index in [9.17, 15) is 17.6 Å². The second-order valence-corrected chi connectivity index (χ2v) is 7.54. The van der Waals surface area contributed by atoms with Crippen LogP contribution in [0.1, 0.15) is 21.6 Å². The zero-order valence-electron chi connectivity index (χ0n) is 13.9. The number of carbonyl (C=O) groups is 1. The molecule has 6 nitrogen and oxygen atoms in total. The van der Waals surface area contributed by atoms with Crippen molar-refractivity contribution in [3.63, 3.8) is 0 Å². The van der Waals surface area contributed by atoms with Crippen LogP contribution in [-0.2, 0) is 16.6 Å². The van der Waals surface area contributed by atoms with E-state index in [0.717, 1.165) is 15.7 Å². The fraction of sp³-hybridized carbons (Fsp3) is 0.111. The number of aromatic nitrogens is 2. The van der Waals surface area contributed by atoms with Crippen molar-refractivity contribution in [1.82, 2.24) is 14.3 Å². The van der Waals surface area contributed by atoms with Gasteiger partial charge in [0.15, 0.2) is 0 Å².